The lowest BCUT2D eigenvalue weighted by molar-refractivity contribution is -0.385. The van der Waals surface area contributed by atoms with Crippen molar-refractivity contribution in [1.82, 2.24) is 9.97 Å². The number of nitro groups is 1. The molecule has 1 aromatic carbocycles. The second kappa shape index (κ2) is 5.70. The highest BCUT2D eigenvalue weighted by Gasteiger charge is 2.21. The molecule has 2 rings (SSSR count). The summed E-state index contributed by atoms with van der Waals surface area (Å²) < 4.78 is 0. The topological polar surface area (TPSA) is 107 Å². The predicted octanol–water partition coefficient (Wildman–Crippen LogP) is 2.54. The van der Waals surface area contributed by atoms with Gasteiger partial charge in [0.15, 0.2) is 0 Å². The van der Waals surface area contributed by atoms with Gasteiger partial charge >= 0.3 is 5.69 Å². The van der Waals surface area contributed by atoms with Gasteiger partial charge in [-0.3, -0.25) is 10.1 Å². The molecule has 0 aliphatic rings. The minimum atomic E-state index is -0.533. The fraction of sp³-hybridized carbons (Fsp3) is 0.167. The SMILES string of the molecule is Cc1nc(N)nc(NCc2cccc(Cl)c2)c1[N+](=O)[O-]. The number of anilines is 2. The van der Waals surface area contributed by atoms with E-state index in [2.05, 4.69) is 15.3 Å². The molecule has 0 bridgehead atoms. The van der Waals surface area contributed by atoms with E-state index in [1.165, 1.54) is 6.92 Å². The average Bonchev–Trinajstić information content (AvgIpc) is 2.35. The van der Waals surface area contributed by atoms with E-state index in [0.717, 1.165) is 5.56 Å². The number of nitrogens with two attached hydrogens (primary N) is 1. The third-order valence-corrected chi connectivity index (χ3v) is 2.84. The minimum absolute atomic E-state index is 0.0123. The Labute approximate surface area is 120 Å². The van der Waals surface area contributed by atoms with E-state index in [0.29, 0.717) is 11.6 Å². The molecule has 0 aliphatic heterocycles. The maximum atomic E-state index is 11.0. The van der Waals surface area contributed by atoms with E-state index in [4.69, 9.17) is 17.3 Å². The van der Waals surface area contributed by atoms with Crippen molar-refractivity contribution in [3.05, 3.63) is 50.7 Å². The highest BCUT2D eigenvalue weighted by Crippen LogP contribution is 2.26. The summed E-state index contributed by atoms with van der Waals surface area (Å²) in [5.74, 6) is 0.0849. The summed E-state index contributed by atoms with van der Waals surface area (Å²) in [6, 6.07) is 7.16. The molecule has 0 spiro atoms. The number of benzene rings is 1. The maximum absolute atomic E-state index is 11.0. The maximum Gasteiger partial charge on any atom is 0.332 e. The van der Waals surface area contributed by atoms with Crippen LogP contribution in [0.3, 0.4) is 0 Å². The Hall–Kier alpha value is -2.41. The van der Waals surface area contributed by atoms with Gasteiger partial charge in [-0.15, -0.1) is 0 Å². The van der Waals surface area contributed by atoms with Gasteiger partial charge in [0.05, 0.1) is 4.92 Å². The number of hydrogen-bond acceptors (Lipinski definition) is 6. The highest BCUT2D eigenvalue weighted by molar-refractivity contribution is 6.30. The molecular formula is C12H12ClN5O2. The summed E-state index contributed by atoms with van der Waals surface area (Å²) in [6.45, 7) is 1.86. The Morgan fingerprint density at radius 2 is 2.20 bits per heavy atom. The summed E-state index contributed by atoms with van der Waals surface area (Å²) in [5.41, 5.74) is 6.43. The summed E-state index contributed by atoms with van der Waals surface area (Å²) in [6.07, 6.45) is 0. The van der Waals surface area contributed by atoms with Gasteiger partial charge in [0.2, 0.25) is 11.8 Å². The van der Waals surface area contributed by atoms with Crippen LogP contribution in [0.4, 0.5) is 17.5 Å². The molecule has 2 aromatic rings. The molecule has 3 N–H and O–H groups in total. The zero-order valence-electron chi connectivity index (χ0n) is 10.6. The van der Waals surface area contributed by atoms with Gasteiger partial charge in [0, 0.05) is 11.6 Å². The van der Waals surface area contributed by atoms with Gasteiger partial charge < -0.3 is 11.1 Å². The second-order valence-corrected chi connectivity index (χ2v) is 4.54. The van der Waals surface area contributed by atoms with Crippen LogP contribution in [-0.2, 0) is 6.54 Å². The summed E-state index contributed by atoms with van der Waals surface area (Å²) >= 11 is 5.88. The molecule has 1 aromatic heterocycles. The fourth-order valence-electron chi connectivity index (χ4n) is 1.76. The number of nitrogens with zero attached hydrogens (tertiary/aromatic N) is 3. The van der Waals surface area contributed by atoms with Crippen molar-refractivity contribution in [3.63, 3.8) is 0 Å². The number of nitrogens with one attached hydrogen (secondary N) is 1. The monoisotopic (exact) mass is 293 g/mol. The Bertz CT molecular complexity index is 662. The lowest BCUT2D eigenvalue weighted by atomic mass is 10.2. The number of halogens is 1. The van der Waals surface area contributed by atoms with Crippen molar-refractivity contribution in [2.45, 2.75) is 13.5 Å². The molecule has 0 fully saturated rings. The van der Waals surface area contributed by atoms with E-state index < -0.39 is 4.92 Å². The number of nitrogen functional groups attached to an aromatic ring is 1. The van der Waals surface area contributed by atoms with Gasteiger partial charge in [-0.25, -0.2) is 4.98 Å². The number of rotatable bonds is 4. The smallest absolute Gasteiger partial charge is 0.332 e. The summed E-state index contributed by atoms with van der Waals surface area (Å²) in [7, 11) is 0. The standard InChI is InChI=1S/C12H12ClN5O2/c1-7-10(18(19)20)11(17-12(14)16-7)15-6-8-3-2-4-9(13)5-8/h2-5H,6H2,1H3,(H3,14,15,16,17). The van der Waals surface area contributed by atoms with Crippen LogP contribution in [0.1, 0.15) is 11.3 Å². The lowest BCUT2D eigenvalue weighted by Crippen LogP contribution is -2.09. The number of hydrogen-bond donors (Lipinski definition) is 2. The van der Waals surface area contributed by atoms with Gasteiger partial charge in [-0.1, -0.05) is 23.7 Å². The largest absolute Gasteiger partial charge is 0.368 e. The van der Waals surface area contributed by atoms with Crippen LogP contribution in [0.2, 0.25) is 5.02 Å². The minimum Gasteiger partial charge on any atom is -0.368 e. The van der Waals surface area contributed by atoms with Crippen molar-refractivity contribution < 1.29 is 4.92 Å². The third-order valence-electron chi connectivity index (χ3n) is 2.61. The third kappa shape index (κ3) is 3.12. The van der Waals surface area contributed by atoms with Gasteiger partial charge in [0.1, 0.15) is 5.69 Å². The number of aromatic nitrogens is 2. The molecule has 20 heavy (non-hydrogen) atoms. The van der Waals surface area contributed by atoms with E-state index in [9.17, 15) is 10.1 Å². The Morgan fingerprint density at radius 1 is 1.45 bits per heavy atom. The molecule has 0 radical (unpaired) electrons. The van der Waals surface area contributed by atoms with E-state index >= 15 is 0 Å². The molecule has 0 aliphatic carbocycles. The summed E-state index contributed by atoms with van der Waals surface area (Å²) in [4.78, 5) is 18.2. The molecule has 0 unspecified atom stereocenters. The summed E-state index contributed by atoms with van der Waals surface area (Å²) in [5, 5.41) is 14.5. The normalized spacial score (nSPS) is 10.3. The molecule has 7 nitrogen and oxygen atoms in total. The van der Waals surface area contributed by atoms with Crippen LogP contribution in [-0.4, -0.2) is 14.9 Å². The van der Waals surface area contributed by atoms with Crippen molar-refractivity contribution in [1.29, 1.82) is 0 Å². The van der Waals surface area contributed by atoms with E-state index in [1.54, 1.807) is 18.2 Å². The molecule has 0 amide bonds. The molecule has 0 saturated heterocycles. The number of aryl methyl sites for hydroxylation is 1. The average molecular weight is 294 g/mol. The van der Waals surface area contributed by atoms with Crippen molar-refractivity contribution in [2.75, 3.05) is 11.1 Å². The Kier molecular flexibility index (Phi) is 3.99. The highest BCUT2D eigenvalue weighted by atomic mass is 35.5. The molecule has 104 valence electrons. The first-order chi connectivity index (χ1) is 9.47. The molecule has 0 saturated carbocycles. The van der Waals surface area contributed by atoms with Crippen LogP contribution >= 0.6 is 11.6 Å². The zero-order valence-corrected chi connectivity index (χ0v) is 11.4. The van der Waals surface area contributed by atoms with Crippen LogP contribution in [0.25, 0.3) is 0 Å². The van der Waals surface area contributed by atoms with Gasteiger partial charge in [-0.05, 0) is 24.6 Å². The lowest BCUT2D eigenvalue weighted by Gasteiger charge is -2.08. The van der Waals surface area contributed by atoms with Gasteiger partial charge in [-0.2, -0.15) is 4.98 Å². The first-order valence-corrected chi connectivity index (χ1v) is 6.12. The first-order valence-electron chi connectivity index (χ1n) is 5.74. The van der Waals surface area contributed by atoms with E-state index in [-0.39, 0.29) is 23.1 Å². The van der Waals surface area contributed by atoms with Crippen molar-refractivity contribution in [3.8, 4) is 0 Å². The molecule has 1 heterocycles. The van der Waals surface area contributed by atoms with Crippen molar-refractivity contribution >= 4 is 29.1 Å². The Morgan fingerprint density at radius 3 is 2.85 bits per heavy atom. The van der Waals surface area contributed by atoms with Crippen LogP contribution in [0.15, 0.2) is 24.3 Å². The quantitative estimate of drug-likeness (QED) is 0.662. The zero-order chi connectivity index (χ0) is 14.7. The fourth-order valence-corrected chi connectivity index (χ4v) is 1.98. The van der Waals surface area contributed by atoms with Gasteiger partial charge in [0.25, 0.3) is 0 Å². The van der Waals surface area contributed by atoms with Crippen LogP contribution < -0.4 is 11.1 Å². The molecular weight excluding hydrogens is 282 g/mol. The first kappa shape index (κ1) is 14.0. The second-order valence-electron chi connectivity index (χ2n) is 4.11. The van der Waals surface area contributed by atoms with Crippen molar-refractivity contribution in [2.24, 2.45) is 0 Å². The van der Waals surface area contributed by atoms with Crippen LogP contribution in [0, 0.1) is 17.0 Å². The molecule has 0 atom stereocenters. The molecule has 8 heteroatoms. The van der Waals surface area contributed by atoms with E-state index in [1.807, 2.05) is 6.07 Å². The predicted molar refractivity (Wildman–Crippen MR) is 76.6 cm³/mol. The Balaban J connectivity index is 2.27. The van der Waals surface area contributed by atoms with Crippen LogP contribution in [0.5, 0.6) is 0 Å².